The zero-order chi connectivity index (χ0) is 20.4. The first-order valence-electron chi connectivity index (χ1n) is 9.25. The Balaban J connectivity index is 1.78. The average Bonchev–Trinajstić information content (AvgIpc) is 2.69. The molecule has 1 heterocycles. The molecule has 156 valence electrons. The van der Waals surface area contributed by atoms with E-state index in [0.717, 1.165) is 12.8 Å². The monoisotopic (exact) mass is 413 g/mol. The summed E-state index contributed by atoms with van der Waals surface area (Å²) in [6, 6.07) is 5.88. The van der Waals surface area contributed by atoms with Crippen LogP contribution in [-0.4, -0.2) is 57.6 Å². The second kappa shape index (κ2) is 11.0. The SMILES string of the molecule is NC(=O)NCCCCCC(=O)OCc1cccc(S(=O)(=O)N2CCOCC2)c1. The number of sulfonamides is 1. The van der Waals surface area contributed by atoms with Gasteiger partial charge in [0.2, 0.25) is 10.0 Å². The number of morpholine rings is 1. The van der Waals surface area contributed by atoms with Crippen molar-refractivity contribution >= 4 is 22.0 Å². The Bertz CT molecular complexity index is 762. The zero-order valence-electron chi connectivity index (χ0n) is 15.8. The van der Waals surface area contributed by atoms with Gasteiger partial charge in [0.15, 0.2) is 0 Å². The zero-order valence-corrected chi connectivity index (χ0v) is 16.6. The van der Waals surface area contributed by atoms with Crippen LogP contribution in [0.25, 0.3) is 0 Å². The molecule has 9 nitrogen and oxygen atoms in total. The van der Waals surface area contributed by atoms with E-state index in [9.17, 15) is 18.0 Å². The van der Waals surface area contributed by atoms with Gasteiger partial charge in [0, 0.05) is 26.1 Å². The molecule has 1 aliphatic heterocycles. The number of unbranched alkanes of at least 4 members (excludes halogenated alkanes) is 2. The summed E-state index contributed by atoms with van der Waals surface area (Å²) in [6.07, 6.45) is 2.41. The molecule has 1 aromatic carbocycles. The van der Waals surface area contributed by atoms with Gasteiger partial charge in [-0.3, -0.25) is 4.79 Å². The topological polar surface area (TPSA) is 128 Å². The molecule has 0 saturated carbocycles. The number of hydrogen-bond donors (Lipinski definition) is 2. The van der Waals surface area contributed by atoms with Crippen molar-refractivity contribution in [1.29, 1.82) is 0 Å². The molecule has 0 bridgehead atoms. The molecule has 0 atom stereocenters. The van der Waals surface area contributed by atoms with Crippen molar-refractivity contribution in [1.82, 2.24) is 9.62 Å². The van der Waals surface area contributed by atoms with Crippen LogP contribution in [0.1, 0.15) is 31.2 Å². The number of urea groups is 1. The third kappa shape index (κ3) is 7.10. The number of nitrogens with one attached hydrogen (secondary N) is 1. The van der Waals surface area contributed by atoms with Crippen molar-refractivity contribution in [2.24, 2.45) is 5.73 Å². The number of hydrogen-bond acceptors (Lipinski definition) is 6. The molecule has 0 radical (unpaired) electrons. The van der Waals surface area contributed by atoms with Crippen LogP contribution < -0.4 is 11.1 Å². The van der Waals surface area contributed by atoms with E-state index in [2.05, 4.69) is 5.32 Å². The standard InChI is InChI=1S/C18H27N3O6S/c19-18(23)20-8-3-1-2-7-17(22)27-14-15-5-4-6-16(13-15)28(24,25)21-9-11-26-12-10-21/h4-6,13H,1-3,7-12,14H2,(H3,19,20,23). The Kier molecular flexibility index (Phi) is 8.68. The fourth-order valence-corrected chi connectivity index (χ4v) is 4.23. The number of benzene rings is 1. The third-order valence-corrected chi connectivity index (χ3v) is 6.16. The smallest absolute Gasteiger partial charge is 0.312 e. The second-order valence-electron chi connectivity index (χ2n) is 6.43. The molecule has 0 aliphatic carbocycles. The average molecular weight is 413 g/mol. The number of primary amides is 1. The molecule has 0 spiro atoms. The van der Waals surface area contributed by atoms with Crippen molar-refractivity contribution in [3.05, 3.63) is 29.8 Å². The van der Waals surface area contributed by atoms with E-state index in [4.69, 9.17) is 15.2 Å². The van der Waals surface area contributed by atoms with Gasteiger partial charge in [-0.1, -0.05) is 18.6 Å². The van der Waals surface area contributed by atoms with Gasteiger partial charge in [-0.05, 0) is 30.5 Å². The van der Waals surface area contributed by atoms with Gasteiger partial charge < -0.3 is 20.5 Å². The van der Waals surface area contributed by atoms with E-state index in [0.29, 0.717) is 44.8 Å². The number of nitrogens with two attached hydrogens (primary N) is 1. The Morgan fingerprint density at radius 2 is 1.93 bits per heavy atom. The van der Waals surface area contributed by atoms with Crippen molar-refractivity contribution in [3.63, 3.8) is 0 Å². The lowest BCUT2D eigenvalue weighted by atomic mass is 10.2. The fraction of sp³-hybridized carbons (Fsp3) is 0.556. The summed E-state index contributed by atoms with van der Waals surface area (Å²) < 4.78 is 37.2. The maximum atomic E-state index is 12.7. The lowest BCUT2D eigenvalue weighted by Gasteiger charge is -2.26. The highest BCUT2D eigenvalue weighted by atomic mass is 32.2. The summed E-state index contributed by atoms with van der Waals surface area (Å²) >= 11 is 0. The van der Waals surface area contributed by atoms with Gasteiger partial charge in [-0.2, -0.15) is 4.31 Å². The lowest BCUT2D eigenvalue weighted by molar-refractivity contribution is -0.145. The first kappa shape index (κ1) is 22.1. The molecule has 2 amide bonds. The van der Waals surface area contributed by atoms with Crippen LogP contribution in [0.4, 0.5) is 4.79 Å². The number of esters is 1. The minimum absolute atomic E-state index is 0.0224. The predicted molar refractivity (Wildman–Crippen MR) is 102 cm³/mol. The minimum atomic E-state index is -3.58. The van der Waals surface area contributed by atoms with E-state index in [1.165, 1.54) is 16.4 Å². The largest absolute Gasteiger partial charge is 0.461 e. The van der Waals surface area contributed by atoms with Crippen molar-refractivity contribution in [2.45, 2.75) is 37.2 Å². The lowest BCUT2D eigenvalue weighted by Crippen LogP contribution is -2.40. The molecule has 28 heavy (non-hydrogen) atoms. The maximum absolute atomic E-state index is 12.7. The molecule has 2 rings (SSSR count). The van der Waals surface area contributed by atoms with Gasteiger partial charge in [-0.15, -0.1) is 0 Å². The van der Waals surface area contributed by atoms with Crippen LogP contribution in [0.3, 0.4) is 0 Å². The van der Waals surface area contributed by atoms with Gasteiger partial charge >= 0.3 is 12.0 Å². The highest BCUT2D eigenvalue weighted by Gasteiger charge is 2.26. The number of carbonyl (C=O) groups excluding carboxylic acids is 2. The van der Waals surface area contributed by atoms with E-state index in [1.807, 2.05) is 0 Å². The molecule has 10 heteroatoms. The molecule has 1 fully saturated rings. The first-order chi connectivity index (χ1) is 13.4. The maximum Gasteiger partial charge on any atom is 0.312 e. The number of nitrogens with zero attached hydrogens (tertiary/aromatic N) is 1. The molecule has 0 aromatic heterocycles. The summed E-state index contributed by atoms with van der Waals surface area (Å²) in [4.78, 5) is 22.5. The van der Waals surface area contributed by atoms with Crippen LogP contribution in [0.2, 0.25) is 0 Å². The molecule has 1 saturated heterocycles. The number of carbonyl (C=O) groups is 2. The minimum Gasteiger partial charge on any atom is -0.461 e. The number of amides is 2. The van der Waals surface area contributed by atoms with Crippen LogP contribution in [0, 0.1) is 0 Å². The molecule has 3 N–H and O–H groups in total. The van der Waals surface area contributed by atoms with Crippen LogP contribution >= 0.6 is 0 Å². The normalized spacial score (nSPS) is 15.1. The van der Waals surface area contributed by atoms with E-state index < -0.39 is 16.1 Å². The fourth-order valence-electron chi connectivity index (χ4n) is 2.75. The van der Waals surface area contributed by atoms with Gasteiger partial charge in [0.25, 0.3) is 0 Å². The Hall–Kier alpha value is -2.17. The Labute approximate surface area is 165 Å². The Morgan fingerprint density at radius 3 is 2.64 bits per heavy atom. The summed E-state index contributed by atoms with van der Waals surface area (Å²) in [7, 11) is -3.58. The van der Waals surface area contributed by atoms with Crippen LogP contribution in [0.15, 0.2) is 29.2 Å². The van der Waals surface area contributed by atoms with E-state index in [1.54, 1.807) is 12.1 Å². The highest BCUT2D eigenvalue weighted by molar-refractivity contribution is 7.89. The van der Waals surface area contributed by atoms with Gasteiger partial charge in [-0.25, -0.2) is 13.2 Å². The van der Waals surface area contributed by atoms with Crippen LogP contribution in [0.5, 0.6) is 0 Å². The predicted octanol–water partition coefficient (Wildman–Crippen LogP) is 0.979. The van der Waals surface area contributed by atoms with Gasteiger partial charge in [0.05, 0.1) is 18.1 Å². The molecule has 1 aromatic rings. The third-order valence-electron chi connectivity index (χ3n) is 4.26. The van der Waals surface area contributed by atoms with Crippen molar-refractivity contribution < 1.29 is 27.5 Å². The van der Waals surface area contributed by atoms with E-state index in [-0.39, 0.29) is 23.9 Å². The van der Waals surface area contributed by atoms with E-state index >= 15 is 0 Å². The summed E-state index contributed by atoms with van der Waals surface area (Å²) in [5.41, 5.74) is 5.58. The highest BCUT2D eigenvalue weighted by Crippen LogP contribution is 2.19. The molecular weight excluding hydrogens is 386 g/mol. The quantitative estimate of drug-likeness (QED) is 0.435. The van der Waals surface area contributed by atoms with Crippen molar-refractivity contribution in [3.8, 4) is 0 Å². The second-order valence-corrected chi connectivity index (χ2v) is 8.36. The number of rotatable bonds is 10. The summed E-state index contributed by atoms with van der Waals surface area (Å²) in [5, 5.41) is 2.48. The Morgan fingerprint density at radius 1 is 1.18 bits per heavy atom. The van der Waals surface area contributed by atoms with Gasteiger partial charge in [0.1, 0.15) is 6.61 Å². The molecule has 0 unspecified atom stereocenters. The molecular formula is C18H27N3O6S. The summed E-state index contributed by atoms with van der Waals surface area (Å²) in [6.45, 7) is 1.93. The van der Waals surface area contributed by atoms with Crippen LogP contribution in [-0.2, 0) is 30.9 Å². The molecule has 1 aliphatic rings. The summed E-state index contributed by atoms with van der Waals surface area (Å²) in [5.74, 6) is -0.343. The first-order valence-corrected chi connectivity index (χ1v) is 10.7. The number of ether oxygens (including phenoxy) is 2. The van der Waals surface area contributed by atoms with Crippen molar-refractivity contribution in [2.75, 3.05) is 32.8 Å².